The average Bonchev–Trinajstić information content (AvgIpc) is 2.48. The summed E-state index contributed by atoms with van der Waals surface area (Å²) in [4.78, 5) is 25.0. The molecule has 1 atom stereocenters. The van der Waals surface area contributed by atoms with Crippen molar-refractivity contribution in [2.75, 3.05) is 19.7 Å². The number of nitrogens with two attached hydrogens (primary N) is 1. The van der Waals surface area contributed by atoms with E-state index in [1.54, 1.807) is 4.90 Å². The number of primary amides is 1. The number of carbonyl (C=O) groups excluding carboxylic acids is 2. The van der Waals surface area contributed by atoms with Crippen LogP contribution in [0.2, 0.25) is 0 Å². The van der Waals surface area contributed by atoms with E-state index in [0.717, 1.165) is 18.4 Å². The van der Waals surface area contributed by atoms with Crippen molar-refractivity contribution in [3.05, 3.63) is 29.3 Å². The van der Waals surface area contributed by atoms with Gasteiger partial charge in [-0.15, -0.1) is 0 Å². The molecule has 114 valence electrons. The predicted octanol–water partition coefficient (Wildman–Crippen LogP) is 1.41. The summed E-state index contributed by atoms with van der Waals surface area (Å²) in [6.07, 6.45) is 1.57. The van der Waals surface area contributed by atoms with E-state index in [9.17, 15) is 9.59 Å². The summed E-state index contributed by atoms with van der Waals surface area (Å²) < 4.78 is 5.55. The fourth-order valence-electron chi connectivity index (χ4n) is 2.48. The minimum atomic E-state index is -0.331. The highest BCUT2D eigenvalue weighted by molar-refractivity contribution is 5.81. The summed E-state index contributed by atoms with van der Waals surface area (Å²) >= 11 is 0. The van der Waals surface area contributed by atoms with Gasteiger partial charge in [-0.05, 0) is 49.9 Å². The Hall–Kier alpha value is -2.04. The van der Waals surface area contributed by atoms with Gasteiger partial charge in [0.25, 0.3) is 5.91 Å². The smallest absolute Gasteiger partial charge is 0.260 e. The number of nitrogens with zero attached hydrogens (tertiary/aromatic N) is 1. The van der Waals surface area contributed by atoms with Crippen LogP contribution in [0.4, 0.5) is 0 Å². The molecular formula is C16H22N2O3. The zero-order chi connectivity index (χ0) is 15.4. The maximum Gasteiger partial charge on any atom is 0.260 e. The van der Waals surface area contributed by atoms with Gasteiger partial charge in [-0.1, -0.05) is 6.07 Å². The number of benzene rings is 1. The molecule has 2 N–H and O–H groups in total. The summed E-state index contributed by atoms with van der Waals surface area (Å²) in [6, 6.07) is 5.75. The Balaban J connectivity index is 1.89. The Morgan fingerprint density at radius 3 is 2.76 bits per heavy atom. The van der Waals surface area contributed by atoms with Crippen molar-refractivity contribution in [2.24, 2.45) is 11.7 Å². The quantitative estimate of drug-likeness (QED) is 0.911. The van der Waals surface area contributed by atoms with Crippen LogP contribution in [0, 0.1) is 19.8 Å². The molecule has 5 nitrogen and oxygen atoms in total. The number of likely N-dealkylation sites (tertiary alicyclic amines) is 1. The summed E-state index contributed by atoms with van der Waals surface area (Å²) in [7, 11) is 0. The maximum absolute atomic E-state index is 12.1. The molecule has 1 unspecified atom stereocenters. The molecule has 1 heterocycles. The highest BCUT2D eigenvalue weighted by Crippen LogP contribution is 2.18. The lowest BCUT2D eigenvalue weighted by molar-refractivity contribution is -0.136. The fraction of sp³-hybridized carbons (Fsp3) is 0.500. The zero-order valence-electron chi connectivity index (χ0n) is 12.6. The summed E-state index contributed by atoms with van der Waals surface area (Å²) in [5.74, 6) is 0.0287. The second-order valence-electron chi connectivity index (χ2n) is 5.62. The Labute approximate surface area is 125 Å². The number of hydrogen-bond acceptors (Lipinski definition) is 3. The van der Waals surface area contributed by atoms with Crippen LogP contribution in [0.1, 0.15) is 24.0 Å². The molecule has 2 amide bonds. The van der Waals surface area contributed by atoms with Gasteiger partial charge in [0.15, 0.2) is 6.61 Å². The van der Waals surface area contributed by atoms with Crippen LogP contribution >= 0.6 is 0 Å². The minimum absolute atomic E-state index is 0.00597. The molecule has 5 heteroatoms. The molecule has 1 aliphatic heterocycles. The summed E-state index contributed by atoms with van der Waals surface area (Å²) in [5.41, 5.74) is 7.64. The second-order valence-corrected chi connectivity index (χ2v) is 5.62. The van der Waals surface area contributed by atoms with E-state index in [-0.39, 0.29) is 24.3 Å². The van der Waals surface area contributed by atoms with Crippen LogP contribution in [0.5, 0.6) is 5.75 Å². The first-order chi connectivity index (χ1) is 9.97. The fourth-order valence-corrected chi connectivity index (χ4v) is 2.48. The number of rotatable bonds is 4. The lowest BCUT2D eigenvalue weighted by atomic mass is 9.97. The normalized spacial score (nSPS) is 18.4. The largest absolute Gasteiger partial charge is 0.484 e. The van der Waals surface area contributed by atoms with Crippen molar-refractivity contribution >= 4 is 11.8 Å². The summed E-state index contributed by atoms with van der Waals surface area (Å²) in [6.45, 7) is 5.10. The Bertz CT molecular complexity index is 542. The van der Waals surface area contributed by atoms with E-state index >= 15 is 0 Å². The standard InChI is InChI=1S/C16H22N2O3/c1-11-5-6-14(8-12(11)2)21-10-15(19)18-7-3-4-13(9-18)16(17)20/h5-6,8,13H,3-4,7,9-10H2,1-2H3,(H2,17,20). The van der Waals surface area contributed by atoms with Crippen LogP contribution < -0.4 is 10.5 Å². The van der Waals surface area contributed by atoms with E-state index in [4.69, 9.17) is 10.5 Å². The highest BCUT2D eigenvalue weighted by atomic mass is 16.5. The maximum atomic E-state index is 12.1. The molecule has 0 spiro atoms. The molecule has 2 rings (SSSR count). The van der Waals surface area contributed by atoms with Crippen LogP contribution in [0.3, 0.4) is 0 Å². The SMILES string of the molecule is Cc1ccc(OCC(=O)N2CCCC(C(N)=O)C2)cc1C. The number of hydrogen-bond donors (Lipinski definition) is 1. The van der Waals surface area contributed by atoms with Crippen molar-refractivity contribution in [1.82, 2.24) is 4.90 Å². The van der Waals surface area contributed by atoms with E-state index in [1.165, 1.54) is 5.56 Å². The van der Waals surface area contributed by atoms with Gasteiger partial charge in [-0.25, -0.2) is 0 Å². The zero-order valence-corrected chi connectivity index (χ0v) is 12.6. The number of amides is 2. The van der Waals surface area contributed by atoms with Crippen molar-refractivity contribution in [1.29, 1.82) is 0 Å². The van der Waals surface area contributed by atoms with Crippen LogP contribution in [-0.2, 0) is 9.59 Å². The van der Waals surface area contributed by atoms with Crippen molar-refractivity contribution in [3.63, 3.8) is 0 Å². The molecule has 1 fully saturated rings. The molecule has 0 bridgehead atoms. The molecule has 1 saturated heterocycles. The first kappa shape index (κ1) is 15.4. The third-order valence-electron chi connectivity index (χ3n) is 4.02. The van der Waals surface area contributed by atoms with Crippen LogP contribution in [-0.4, -0.2) is 36.4 Å². The first-order valence-electron chi connectivity index (χ1n) is 7.24. The van der Waals surface area contributed by atoms with Gasteiger partial charge in [-0.2, -0.15) is 0 Å². The van der Waals surface area contributed by atoms with Gasteiger partial charge in [0.2, 0.25) is 5.91 Å². The molecule has 1 aliphatic rings. The van der Waals surface area contributed by atoms with Crippen molar-refractivity contribution in [3.8, 4) is 5.75 Å². The van der Waals surface area contributed by atoms with Gasteiger partial charge >= 0.3 is 0 Å². The molecule has 1 aromatic rings. The Morgan fingerprint density at radius 1 is 1.33 bits per heavy atom. The molecule has 0 aromatic heterocycles. The molecular weight excluding hydrogens is 268 g/mol. The second kappa shape index (κ2) is 6.61. The first-order valence-corrected chi connectivity index (χ1v) is 7.24. The van der Waals surface area contributed by atoms with E-state index in [1.807, 2.05) is 32.0 Å². The van der Waals surface area contributed by atoms with Gasteiger partial charge in [0.1, 0.15) is 5.75 Å². The number of piperidine rings is 1. The number of ether oxygens (including phenoxy) is 1. The third kappa shape index (κ3) is 3.97. The Kier molecular flexibility index (Phi) is 4.83. The highest BCUT2D eigenvalue weighted by Gasteiger charge is 2.27. The van der Waals surface area contributed by atoms with E-state index < -0.39 is 0 Å². The molecule has 21 heavy (non-hydrogen) atoms. The van der Waals surface area contributed by atoms with E-state index in [0.29, 0.717) is 18.8 Å². The van der Waals surface area contributed by atoms with E-state index in [2.05, 4.69) is 0 Å². The van der Waals surface area contributed by atoms with Gasteiger partial charge in [0.05, 0.1) is 5.92 Å². The van der Waals surface area contributed by atoms with Gasteiger partial charge in [-0.3, -0.25) is 9.59 Å². The minimum Gasteiger partial charge on any atom is -0.484 e. The topological polar surface area (TPSA) is 72.6 Å². The molecule has 0 radical (unpaired) electrons. The predicted molar refractivity (Wildman–Crippen MR) is 79.9 cm³/mol. The van der Waals surface area contributed by atoms with Crippen molar-refractivity contribution in [2.45, 2.75) is 26.7 Å². The summed E-state index contributed by atoms with van der Waals surface area (Å²) in [5, 5.41) is 0. The molecule has 0 saturated carbocycles. The lowest BCUT2D eigenvalue weighted by Crippen LogP contribution is -2.45. The number of carbonyl (C=O) groups is 2. The number of aryl methyl sites for hydroxylation is 2. The van der Waals surface area contributed by atoms with Crippen LogP contribution in [0.25, 0.3) is 0 Å². The molecule has 0 aliphatic carbocycles. The average molecular weight is 290 g/mol. The molecule has 1 aromatic carbocycles. The monoisotopic (exact) mass is 290 g/mol. The van der Waals surface area contributed by atoms with Gasteiger partial charge in [0, 0.05) is 13.1 Å². The Morgan fingerprint density at radius 2 is 2.10 bits per heavy atom. The lowest BCUT2D eigenvalue weighted by Gasteiger charge is -2.31. The van der Waals surface area contributed by atoms with Crippen LogP contribution in [0.15, 0.2) is 18.2 Å². The van der Waals surface area contributed by atoms with Gasteiger partial charge < -0.3 is 15.4 Å². The third-order valence-corrected chi connectivity index (χ3v) is 4.02. The van der Waals surface area contributed by atoms with Crippen molar-refractivity contribution < 1.29 is 14.3 Å².